The molecule has 0 unspecified atom stereocenters. The van der Waals surface area contributed by atoms with Crippen molar-refractivity contribution < 1.29 is 14.7 Å². The van der Waals surface area contributed by atoms with Crippen LogP contribution in [0.25, 0.3) is 0 Å². The number of carbonyl (C=O) groups excluding carboxylic acids is 2. The molecule has 1 amide bonds. The third-order valence-corrected chi connectivity index (χ3v) is 1.67. The Balaban J connectivity index is 0. The standard InChI is InChI=1S/C10H17NO3.C2H6/c1-8(13)4-5-9(14)11-10(2,3)6-7-12;1-2/h4-5,12H,6-7H2,1-3H3,(H,11,14);1-2H3/b5-4+;. The molecule has 4 heteroatoms. The van der Waals surface area contributed by atoms with Crippen LogP contribution in [0.1, 0.15) is 41.0 Å². The summed E-state index contributed by atoms with van der Waals surface area (Å²) in [5.74, 6) is -0.487. The van der Waals surface area contributed by atoms with E-state index in [1.54, 1.807) is 0 Å². The fourth-order valence-corrected chi connectivity index (χ4v) is 0.910. The molecule has 0 heterocycles. The van der Waals surface area contributed by atoms with E-state index in [1.165, 1.54) is 19.1 Å². The quantitative estimate of drug-likeness (QED) is 0.701. The Morgan fingerprint density at radius 3 is 2.12 bits per heavy atom. The lowest BCUT2D eigenvalue weighted by atomic mass is 10.0. The van der Waals surface area contributed by atoms with Crippen LogP contribution in [0.4, 0.5) is 0 Å². The van der Waals surface area contributed by atoms with Gasteiger partial charge in [0.25, 0.3) is 0 Å². The first-order valence-corrected chi connectivity index (χ1v) is 5.49. The lowest BCUT2D eigenvalue weighted by molar-refractivity contribution is -0.118. The Morgan fingerprint density at radius 1 is 1.25 bits per heavy atom. The summed E-state index contributed by atoms with van der Waals surface area (Å²) in [4.78, 5) is 21.7. The lowest BCUT2D eigenvalue weighted by Crippen LogP contribution is -2.43. The third-order valence-electron chi connectivity index (χ3n) is 1.67. The fourth-order valence-electron chi connectivity index (χ4n) is 0.910. The number of aliphatic hydroxyl groups is 1. The minimum absolute atomic E-state index is 0.0176. The van der Waals surface area contributed by atoms with Crippen LogP contribution in [-0.2, 0) is 9.59 Å². The summed E-state index contributed by atoms with van der Waals surface area (Å²) in [6, 6.07) is 0. The SMILES string of the molecule is CC.CC(=O)/C=C/C(=O)NC(C)(C)CCO. The number of hydrogen-bond donors (Lipinski definition) is 2. The van der Waals surface area contributed by atoms with Crippen LogP contribution in [0, 0.1) is 0 Å². The normalized spacial score (nSPS) is 10.6. The van der Waals surface area contributed by atoms with Crippen molar-refractivity contribution in [2.24, 2.45) is 0 Å². The summed E-state index contributed by atoms with van der Waals surface area (Å²) in [7, 11) is 0. The van der Waals surface area contributed by atoms with Gasteiger partial charge in [0.05, 0.1) is 0 Å². The Hall–Kier alpha value is -1.16. The van der Waals surface area contributed by atoms with Gasteiger partial charge in [-0.3, -0.25) is 9.59 Å². The molecule has 94 valence electrons. The predicted octanol–water partition coefficient (Wildman–Crippen LogP) is 1.43. The van der Waals surface area contributed by atoms with Crippen molar-refractivity contribution in [3.63, 3.8) is 0 Å². The molecule has 0 fully saturated rings. The molecule has 0 atom stereocenters. The van der Waals surface area contributed by atoms with Gasteiger partial charge in [0.15, 0.2) is 5.78 Å². The number of carbonyl (C=O) groups is 2. The van der Waals surface area contributed by atoms with Gasteiger partial charge < -0.3 is 10.4 Å². The molecule has 0 aromatic rings. The van der Waals surface area contributed by atoms with Crippen LogP contribution in [0.15, 0.2) is 12.2 Å². The van der Waals surface area contributed by atoms with E-state index in [9.17, 15) is 9.59 Å². The van der Waals surface area contributed by atoms with E-state index in [4.69, 9.17) is 5.11 Å². The predicted molar refractivity (Wildman–Crippen MR) is 65.1 cm³/mol. The fraction of sp³-hybridized carbons (Fsp3) is 0.667. The van der Waals surface area contributed by atoms with Gasteiger partial charge >= 0.3 is 0 Å². The highest BCUT2D eigenvalue weighted by Crippen LogP contribution is 2.06. The maximum absolute atomic E-state index is 11.2. The number of allylic oxidation sites excluding steroid dienone is 1. The second kappa shape index (κ2) is 9.09. The van der Waals surface area contributed by atoms with Crippen LogP contribution >= 0.6 is 0 Å². The molecule has 0 saturated carbocycles. The zero-order valence-electron chi connectivity index (χ0n) is 10.8. The second-order valence-electron chi connectivity index (χ2n) is 3.79. The number of rotatable bonds is 5. The summed E-state index contributed by atoms with van der Waals surface area (Å²) in [6.07, 6.45) is 2.89. The Bertz CT molecular complexity index is 245. The van der Waals surface area contributed by atoms with Crippen molar-refractivity contribution in [3.8, 4) is 0 Å². The molecule has 4 nitrogen and oxygen atoms in total. The first-order chi connectivity index (χ1) is 7.37. The summed E-state index contributed by atoms with van der Waals surface area (Å²) < 4.78 is 0. The average Bonchev–Trinajstić information content (AvgIpc) is 2.17. The highest BCUT2D eigenvalue weighted by Gasteiger charge is 2.17. The number of amides is 1. The Kier molecular flexibility index (Phi) is 9.80. The van der Waals surface area contributed by atoms with Crippen molar-refractivity contribution in [1.29, 1.82) is 0 Å². The maximum atomic E-state index is 11.2. The van der Waals surface area contributed by atoms with Gasteiger partial charge in [0.1, 0.15) is 0 Å². The topological polar surface area (TPSA) is 66.4 Å². The Labute approximate surface area is 97.7 Å². The number of hydrogen-bond acceptors (Lipinski definition) is 3. The zero-order valence-corrected chi connectivity index (χ0v) is 10.8. The molecule has 0 rings (SSSR count). The van der Waals surface area contributed by atoms with Gasteiger partial charge in [0, 0.05) is 18.2 Å². The van der Waals surface area contributed by atoms with Gasteiger partial charge in [0.2, 0.25) is 5.91 Å². The van der Waals surface area contributed by atoms with Crippen molar-refractivity contribution in [2.75, 3.05) is 6.61 Å². The van der Waals surface area contributed by atoms with Gasteiger partial charge in [-0.25, -0.2) is 0 Å². The van der Waals surface area contributed by atoms with Crippen LogP contribution < -0.4 is 5.32 Å². The third kappa shape index (κ3) is 10.9. The van der Waals surface area contributed by atoms with E-state index in [1.807, 2.05) is 27.7 Å². The lowest BCUT2D eigenvalue weighted by Gasteiger charge is -2.24. The van der Waals surface area contributed by atoms with Crippen LogP contribution in [0.5, 0.6) is 0 Å². The largest absolute Gasteiger partial charge is 0.396 e. The van der Waals surface area contributed by atoms with Crippen molar-refractivity contribution in [1.82, 2.24) is 5.32 Å². The molecule has 0 aliphatic heterocycles. The van der Waals surface area contributed by atoms with E-state index >= 15 is 0 Å². The van der Waals surface area contributed by atoms with E-state index in [-0.39, 0.29) is 18.3 Å². The van der Waals surface area contributed by atoms with E-state index < -0.39 is 5.54 Å². The molecule has 0 bridgehead atoms. The zero-order chi connectivity index (χ0) is 13.2. The number of aliphatic hydroxyl groups excluding tert-OH is 1. The van der Waals surface area contributed by atoms with Crippen LogP contribution in [0.3, 0.4) is 0 Å². The Morgan fingerprint density at radius 2 is 1.75 bits per heavy atom. The molecule has 0 aromatic carbocycles. The number of ketones is 1. The summed E-state index contributed by atoms with van der Waals surface area (Å²) in [5, 5.41) is 11.4. The minimum atomic E-state index is -0.451. The highest BCUT2D eigenvalue weighted by molar-refractivity contribution is 5.96. The average molecular weight is 229 g/mol. The first kappa shape index (κ1) is 17.2. The van der Waals surface area contributed by atoms with Crippen molar-refractivity contribution in [2.45, 2.75) is 46.6 Å². The molecule has 16 heavy (non-hydrogen) atoms. The molecule has 0 spiro atoms. The molecule has 0 saturated heterocycles. The second-order valence-corrected chi connectivity index (χ2v) is 3.79. The van der Waals surface area contributed by atoms with E-state index in [0.717, 1.165) is 0 Å². The van der Waals surface area contributed by atoms with Crippen LogP contribution in [0.2, 0.25) is 0 Å². The number of nitrogens with one attached hydrogen (secondary N) is 1. The molecular formula is C12H23NO3. The minimum Gasteiger partial charge on any atom is -0.396 e. The van der Waals surface area contributed by atoms with Gasteiger partial charge in [-0.05, 0) is 33.3 Å². The molecule has 2 N–H and O–H groups in total. The molecule has 0 aliphatic rings. The molecule has 0 radical (unpaired) electrons. The highest BCUT2D eigenvalue weighted by atomic mass is 16.3. The van der Waals surface area contributed by atoms with E-state index in [2.05, 4.69) is 5.32 Å². The van der Waals surface area contributed by atoms with Crippen LogP contribution in [-0.4, -0.2) is 28.9 Å². The molecule has 0 aromatic heterocycles. The molecular weight excluding hydrogens is 206 g/mol. The van der Waals surface area contributed by atoms with Crippen molar-refractivity contribution in [3.05, 3.63) is 12.2 Å². The summed E-state index contributed by atoms with van der Waals surface area (Å²) in [6.45, 7) is 9.01. The first-order valence-electron chi connectivity index (χ1n) is 5.49. The monoisotopic (exact) mass is 229 g/mol. The summed E-state index contributed by atoms with van der Waals surface area (Å²) >= 11 is 0. The smallest absolute Gasteiger partial charge is 0.244 e. The molecule has 0 aliphatic carbocycles. The van der Waals surface area contributed by atoms with Gasteiger partial charge in [-0.1, -0.05) is 13.8 Å². The summed E-state index contributed by atoms with van der Waals surface area (Å²) in [5.41, 5.74) is -0.451. The van der Waals surface area contributed by atoms with Gasteiger partial charge in [-0.15, -0.1) is 0 Å². The van der Waals surface area contributed by atoms with E-state index in [0.29, 0.717) is 6.42 Å². The maximum Gasteiger partial charge on any atom is 0.244 e. The van der Waals surface area contributed by atoms with Gasteiger partial charge in [-0.2, -0.15) is 0 Å². The van der Waals surface area contributed by atoms with Crippen molar-refractivity contribution >= 4 is 11.7 Å².